The number of hydrogen-bond acceptors (Lipinski definition) is 3. The van der Waals surface area contributed by atoms with Crippen LogP contribution in [0.2, 0.25) is 0 Å². The third-order valence-electron chi connectivity index (χ3n) is 4.04. The van der Waals surface area contributed by atoms with E-state index in [4.69, 9.17) is 0 Å². The van der Waals surface area contributed by atoms with Gasteiger partial charge in [0, 0.05) is 19.6 Å². The van der Waals surface area contributed by atoms with Gasteiger partial charge in [0.25, 0.3) is 10.2 Å². The maximum absolute atomic E-state index is 12.2. The molecule has 19 heavy (non-hydrogen) atoms. The molecule has 0 spiro atoms. The molecule has 0 amide bonds. The Morgan fingerprint density at radius 1 is 1.26 bits per heavy atom. The van der Waals surface area contributed by atoms with Crippen molar-refractivity contribution in [2.75, 3.05) is 27.2 Å². The zero-order valence-corrected chi connectivity index (χ0v) is 13.3. The van der Waals surface area contributed by atoms with E-state index in [2.05, 4.69) is 17.0 Å². The average Bonchev–Trinajstić information content (AvgIpc) is 2.39. The quantitative estimate of drug-likeness (QED) is 0.663. The fourth-order valence-electron chi connectivity index (χ4n) is 2.73. The second kappa shape index (κ2) is 8.19. The minimum Gasteiger partial charge on any atom is -0.320 e. The standard InChI is InChI=1S/C13H29N3O2S/c1-4-12-8-5-6-9-13(12)15-19(17,18)16(3)11-7-10-14-2/h12-15H,4-11H2,1-3H3. The highest BCUT2D eigenvalue weighted by molar-refractivity contribution is 7.87. The number of hydrogen-bond donors (Lipinski definition) is 2. The van der Waals surface area contributed by atoms with Crippen LogP contribution in [-0.2, 0) is 10.2 Å². The van der Waals surface area contributed by atoms with Crippen LogP contribution >= 0.6 is 0 Å². The molecular weight excluding hydrogens is 262 g/mol. The minimum absolute atomic E-state index is 0.121. The zero-order valence-electron chi connectivity index (χ0n) is 12.5. The van der Waals surface area contributed by atoms with Crippen molar-refractivity contribution >= 4 is 10.2 Å². The van der Waals surface area contributed by atoms with Crippen molar-refractivity contribution in [3.8, 4) is 0 Å². The summed E-state index contributed by atoms with van der Waals surface area (Å²) in [5.41, 5.74) is 0. The summed E-state index contributed by atoms with van der Waals surface area (Å²) in [7, 11) is 0.202. The molecule has 1 saturated carbocycles. The fraction of sp³-hybridized carbons (Fsp3) is 1.00. The lowest BCUT2D eigenvalue weighted by atomic mass is 9.83. The first-order valence-electron chi connectivity index (χ1n) is 7.39. The van der Waals surface area contributed by atoms with E-state index < -0.39 is 10.2 Å². The molecule has 1 aliphatic carbocycles. The Balaban J connectivity index is 2.52. The Kier molecular flexibility index (Phi) is 7.28. The SMILES string of the molecule is CCC1CCCCC1NS(=O)(=O)N(C)CCCNC. The number of nitrogens with zero attached hydrogens (tertiary/aromatic N) is 1. The van der Waals surface area contributed by atoms with Crippen LogP contribution in [-0.4, -0.2) is 45.9 Å². The fourth-order valence-corrected chi connectivity index (χ4v) is 3.97. The smallest absolute Gasteiger partial charge is 0.279 e. The van der Waals surface area contributed by atoms with Crippen LogP contribution in [0.4, 0.5) is 0 Å². The van der Waals surface area contributed by atoms with Gasteiger partial charge < -0.3 is 5.32 Å². The normalized spacial score (nSPS) is 24.8. The molecule has 0 saturated heterocycles. The Labute approximate surface area is 118 Å². The maximum Gasteiger partial charge on any atom is 0.279 e. The molecule has 2 N–H and O–H groups in total. The Morgan fingerprint density at radius 2 is 1.95 bits per heavy atom. The summed E-state index contributed by atoms with van der Waals surface area (Å²) in [6.07, 6.45) is 6.36. The summed E-state index contributed by atoms with van der Waals surface area (Å²) in [5.74, 6) is 0.495. The van der Waals surface area contributed by atoms with E-state index in [1.165, 1.54) is 10.7 Å². The van der Waals surface area contributed by atoms with Crippen molar-refractivity contribution < 1.29 is 8.42 Å². The van der Waals surface area contributed by atoms with E-state index in [0.717, 1.165) is 38.6 Å². The highest BCUT2D eigenvalue weighted by Crippen LogP contribution is 2.27. The Morgan fingerprint density at radius 3 is 2.58 bits per heavy atom. The predicted octanol–water partition coefficient (Wildman–Crippen LogP) is 1.33. The van der Waals surface area contributed by atoms with Crippen LogP contribution in [0, 0.1) is 5.92 Å². The van der Waals surface area contributed by atoms with Crippen LogP contribution in [0.3, 0.4) is 0 Å². The number of rotatable bonds is 8. The molecule has 0 radical (unpaired) electrons. The molecule has 114 valence electrons. The summed E-state index contributed by atoms with van der Waals surface area (Å²) in [6, 6.07) is 0.121. The van der Waals surface area contributed by atoms with E-state index in [-0.39, 0.29) is 6.04 Å². The van der Waals surface area contributed by atoms with Crippen molar-refractivity contribution in [1.82, 2.24) is 14.3 Å². The van der Waals surface area contributed by atoms with Gasteiger partial charge in [0.1, 0.15) is 0 Å². The summed E-state index contributed by atoms with van der Waals surface area (Å²) >= 11 is 0. The van der Waals surface area contributed by atoms with Gasteiger partial charge in [0.15, 0.2) is 0 Å². The van der Waals surface area contributed by atoms with Crippen LogP contribution in [0.15, 0.2) is 0 Å². The van der Waals surface area contributed by atoms with Gasteiger partial charge in [0.2, 0.25) is 0 Å². The predicted molar refractivity (Wildman–Crippen MR) is 79.3 cm³/mol. The van der Waals surface area contributed by atoms with E-state index in [1.807, 2.05) is 7.05 Å². The van der Waals surface area contributed by atoms with Crippen molar-refractivity contribution in [2.45, 2.75) is 51.5 Å². The average molecular weight is 291 g/mol. The Hall–Kier alpha value is -0.170. The molecule has 0 heterocycles. The summed E-state index contributed by atoms with van der Waals surface area (Å²) in [5, 5.41) is 3.03. The molecule has 0 aromatic heterocycles. The van der Waals surface area contributed by atoms with Gasteiger partial charge in [-0.1, -0.05) is 26.2 Å². The molecule has 1 aliphatic rings. The van der Waals surface area contributed by atoms with Gasteiger partial charge in [-0.2, -0.15) is 17.4 Å². The minimum atomic E-state index is -3.33. The molecule has 0 aliphatic heterocycles. The van der Waals surface area contributed by atoms with Crippen molar-refractivity contribution in [2.24, 2.45) is 5.92 Å². The van der Waals surface area contributed by atoms with E-state index >= 15 is 0 Å². The largest absolute Gasteiger partial charge is 0.320 e. The second-order valence-electron chi connectivity index (χ2n) is 5.46. The Bertz CT molecular complexity index is 346. The van der Waals surface area contributed by atoms with Gasteiger partial charge in [-0.05, 0) is 38.8 Å². The van der Waals surface area contributed by atoms with E-state index in [0.29, 0.717) is 12.5 Å². The van der Waals surface area contributed by atoms with Gasteiger partial charge in [-0.25, -0.2) is 0 Å². The molecule has 2 unspecified atom stereocenters. The van der Waals surface area contributed by atoms with Crippen molar-refractivity contribution in [1.29, 1.82) is 0 Å². The van der Waals surface area contributed by atoms with Crippen LogP contribution in [0.5, 0.6) is 0 Å². The van der Waals surface area contributed by atoms with Gasteiger partial charge in [-0.15, -0.1) is 0 Å². The molecule has 2 atom stereocenters. The van der Waals surface area contributed by atoms with Crippen LogP contribution < -0.4 is 10.0 Å². The van der Waals surface area contributed by atoms with Crippen molar-refractivity contribution in [3.63, 3.8) is 0 Å². The first-order chi connectivity index (χ1) is 9.01. The third kappa shape index (κ3) is 5.38. The van der Waals surface area contributed by atoms with E-state index in [9.17, 15) is 8.42 Å². The monoisotopic (exact) mass is 291 g/mol. The van der Waals surface area contributed by atoms with Gasteiger partial charge >= 0.3 is 0 Å². The topological polar surface area (TPSA) is 61.4 Å². The summed E-state index contributed by atoms with van der Waals surface area (Å²) in [4.78, 5) is 0. The van der Waals surface area contributed by atoms with Crippen LogP contribution in [0.25, 0.3) is 0 Å². The summed E-state index contributed by atoms with van der Waals surface area (Å²) in [6.45, 7) is 3.54. The summed E-state index contributed by atoms with van der Waals surface area (Å²) < 4.78 is 28.8. The highest BCUT2D eigenvalue weighted by Gasteiger charge is 2.29. The first-order valence-corrected chi connectivity index (χ1v) is 8.83. The lowest BCUT2D eigenvalue weighted by Crippen LogP contribution is -2.48. The first kappa shape index (κ1) is 16.9. The van der Waals surface area contributed by atoms with Gasteiger partial charge in [-0.3, -0.25) is 0 Å². The highest BCUT2D eigenvalue weighted by atomic mass is 32.2. The zero-order chi connectivity index (χ0) is 14.3. The number of nitrogens with one attached hydrogen (secondary N) is 2. The second-order valence-corrected chi connectivity index (χ2v) is 7.27. The molecule has 6 heteroatoms. The molecule has 0 aromatic rings. The van der Waals surface area contributed by atoms with Crippen LogP contribution in [0.1, 0.15) is 45.4 Å². The van der Waals surface area contributed by atoms with Gasteiger partial charge in [0.05, 0.1) is 0 Å². The molecule has 0 aromatic carbocycles. The molecule has 1 rings (SSSR count). The van der Waals surface area contributed by atoms with E-state index in [1.54, 1.807) is 7.05 Å². The lowest BCUT2D eigenvalue weighted by molar-refractivity contribution is 0.277. The maximum atomic E-state index is 12.2. The molecule has 1 fully saturated rings. The lowest BCUT2D eigenvalue weighted by Gasteiger charge is -2.32. The third-order valence-corrected chi connectivity index (χ3v) is 5.65. The molecule has 0 bridgehead atoms. The molecular formula is C13H29N3O2S. The van der Waals surface area contributed by atoms with Crippen molar-refractivity contribution in [3.05, 3.63) is 0 Å². The molecule has 5 nitrogen and oxygen atoms in total.